The Bertz CT molecular complexity index is 668. The molecule has 1 saturated carbocycles. The van der Waals surface area contributed by atoms with Crippen molar-refractivity contribution in [2.24, 2.45) is 11.8 Å². The smallest absolute Gasteiger partial charge is 0.240 e. The van der Waals surface area contributed by atoms with E-state index in [9.17, 15) is 18.8 Å². The largest absolute Gasteiger partial charge is 0.494 e. The molecule has 3 amide bonds. The van der Waals surface area contributed by atoms with Crippen LogP contribution in [0.2, 0.25) is 0 Å². The molecule has 0 bridgehead atoms. The van der Waals surface area contributed by atoms with Crippen LogP contribution in [0.4, 0.5) is 4.39 Å². The lowest BCUT2D eigenvalue weighted by molar-refractivity contribution is -0.143. The number of ether oxygens (including phenoxy) is 1. The first-order valence-electron chi connectivity index (χ1n) is 9.56. The summed E-state index contributed by atoms with van der Waals surface area (Å²) in [6.45, 7) is 0.736. The molecule has 1 aliphatic carbocycles. The van der Waals surface area contributed by atoms with Crippen molar-refractivity contribution in [1.82, 2.24) is 10.2 Å². The lowest BCUT2D eigenvalue weighted by Crippen LogP contribution is -2.41. The van der Waals surface area contributed by atoms with Crippen molar-refractivity contribution in [3.8, 4) is 5.75 Å². The zero-order valence-electron chi connectivity index (χ0n) is 15.3. The highest BCUT2D eigenvalue weighted by Crippen LogP contribution is 2.37. The van der Waals surface area contributed by atoms with Crippen molar-refractivity contribution in [2.45, 2.75) is 38.5 Å². The van der Waals surface area contributed by atoms with Gasteiger partial charge in [0.25, 0.3) is 0 Å². The molecule has 7 heteroatoms. The number of halogens is 1. The van der Waals surface area contributed by atoms with E-state index in [1.807, 2.05) is 0 Å². The van der Waals surface area contributed by atoms with Gasteiger partial charge in [0, 0.05) is 6.54 Å². The molecule has 0 spiro atoms. The lowest BCUT2D eigenvalue weighted by atomic mass is 9.81. The molecule has 2 fully saturated rings. The first-order valence-corrected chi connectivity index (χ1v) is 9.56. The third kappa shape index (κ3) is 4.84. The summed E-state index contributed by atoms with van der Waals surface area (Å²) >= 11 is 0. The molecule has 1 saturated heterocycles. The number of carbonyl (C=O) groups is 3. The molecule has 3 rings (SSSR count). The second-order valence-corrected chi connectivity index (χ2v) is 7.12. The average Bonchev–Trinajstić information content (AvgIpc) is 2.91. The minimum Gasteiger partial charge on any atom is -0.494 e. The van der Waals surface area contributed by atoms with Crippen molar-refractivity contribution in [1.29, 1.82) is 0 Å². The van der Waals surface area contributed by atoms with Gasteiger partial charge in [-0.15, -0.1) is 0 Å². The summed E-state index contributed by atoms with van der Waals surface area (Å²) in [7, 11) is 0. The molecular weight excluding hydrogens is 351 g/mol. The first-order chi connectivity index (χ1) is 13.1. The van der Waals surface area contributed by atoms with Crippen molar-refractivity contribution in [3.63, 3.8) is 0 Å². The lowest BCUT2D eigenvalue weighted by Gasteiger charge is -2.19. The maximum atomic E-state index is 12.8. The number of benzene rings is 1. The molecule has 1 heterocycles. The van der Waals surface area contributed by atoms with Crippen LogP contribution in [0.15, 0.2) is 24.3 Å². The number of nitrogens with one attached hydrogen (secondary N) is 1. The zero-order valence-corrected chi connectivity index (χ0v) is 15.3. The topological polar surface area (TPSA) is 75.7 Å². The normalized spacial score (nSPS) is 21.9. The number of hydrogen-bond acceptors (Lipinski definition) is 4. The van der Waals surface area contributed by atoms with Gasteiger partial charge in [-0.3, -0.25) is 19.3 Å². The Morgan fingerprint density at radius 1 is 1.07 bits per heavy atom. The van der Waals surface area contributed by atoms with Crippen LogP contribution < -0.4 is 10.1 Å². The van der Waals surface area contributed by atoms with Crippen LogP contribution in [0.1, 0.15) is 38.5 Å². The number of rotatable bonds is 8. The fourth-order valence-corrected chi connectivity index (χ4v) is 3.76. The molecule has 1 aliphatic heterocycles. The summed E-state index contributed by atoms with van der Waals surface area (Å²) in [5, 5.41) is 2.75. The molecule has 2 aliphatic rings. The van der Waals surface area contributed by atoms with E-state index in [1.54, 1.807) is 12.1 Å². The predicted molar refractivity (Wildman–Crippen MR) is 96.3 cm³/mol. The third-order valence-electron chi connectivity index (χ3n) is 5.21. The molecule has 2 unspecified atom stereocenters. The molecule has 1 aromatic carbocycles. The van der Waals surface area contributed by atoms with E-state index in [4.69, 9.17) is 4.74 Å². The SMILES string of the molecule is O=C(CN1C(=O)C2CCCCC2C1=O)NCCCCOc1ccc(F)cc1. The van der Waals surface area contributed by atoms with Gasteiger partial charge in [0.2, 0.25) is 17.7 Å². The number of fused-ring (bicyclic) bond motifs is 1. The van der Waals surface area contributed by atoms with Crippen LogP contribution in [0.3, 0.4) is 0 Å². The fraction of sp³-hybridized carbons (Fsp3) is 0.550. The monoisotopic (exact) mass is 376 g/mol. The Morgan fingerprint density at radius 3 is 2.33 bits per heavy atom. The number of amides is 3. The Labute approximate surface area is 158 Å². The van der Waals surface area contributed by atoms with Gasteiger partial charge in [-0.25, -0.2) is 4.39 Å². The summed E-state index contributed by atoms with van der Waals surface area (Å²) in [6, 6.07) is 5.82. The van der Waals surface area contributed by atoms with E-state index in [1.165, 1.54) is 12.1 Å². The number of likely N-dealkylation sites (tertiary alicyclic amines) is 1. The van der Waals surface area contributed by atoms with Gasteiger partial charge in [-0.2, -0.15) is 0 Å². The van der Waals surface area contributed by atoms with Crippen LogP contribution in [0, 0.1) is 17.7 Å². The summed E-state index contributed by atoms with van der Waals surface area (Å²) in [4.78, 5) is 37.9. The summed E-state index contributed by atoms with van der Waals surface area (Å²) in [5.74, 6) is -0.826. The average molecular weight is 376 g/mol. The number of unbranched alkanes of at least 4 members (excludes halogenated alkanes) is 1. The van der Waals surface area contributed by atoms with Crippen LogP contribution in [0.25, 0.3) is 0 Å². The maximum absolute atomic E-state index is 12.8. The number of hydrogen-bond donors (Lipinski definition) is 1. The van der Waals surface area contributed by atoms with Crippen molar-refractivity contribution in [3.05, 3.63) is 30.1 Å². The summed E-state index contributed by atoms with van der Waals surface area (Å²) < 4.78 is 18.3. The Hall–Kier alpha value is -2.44. The standard InChI is InChI=1S/C20H25FN2O4/c21-14-7-9-15(10-8-14)27-12-4-3-11-22-18(24)13-23-19(25)16-5-1-2-6-17(16)20(23)26/h7-10,16-17H,1-6,11-13H2,(H,22,24). The second-order valence-electron chi connectivity index (χ2n) is 7.12. The molecule has 1 aromatic rings. The van der Waals surface area contributed by atoms with Gasteiger partial charge >= 0.3 is 0 Å². The molecule has 1 N–H and O–H groups in total. The van der Waals surface area contributed by atoms with E-state index in [-0.39, 0.29) is 41.9 Å². The highest BCUT2D eigenvalue weighted by molar-refractivity contribution is 6.07. The number of imide groups is 1. The highest BCUT2D eigenvalue weighted by atomic mass is 19.1. The minimum absolute atomic E-state index is 0.184. The number of nitrogens with zero attached hydrogens (tertiary/aromatic N) is 1. The molecule has 146 valence electrons. The molecule has 2 atom stereocenters. The summed E-state index contributed by atoms with van der Waals surface area (Å²) in [6.07, 6.45) is 4.88. The van der Waals surface area contributed by atoms with E-state index in [0.29, 0.717) is 25.3 Å². The molecule has 6 nitrogen and oxygen atoms in total. The Kier molecular flexibility index (Phi) is 6.42. The van der Waals surface area contributed by atoms with Crippen molar-refractivity contribution >= 4 is 17.7 Å². The number of carbonyl (C=O) groups excluding carboxylic acids is 3. The van der Waals surface area contributed by atoms with Gasteiger partial charge < -0.3 is 10.1 Å². The van der Waals surface area contributed by atoms with E-state index < -0.39 is 0 Å². The molecule has 0 aromatic heterocycles. The van der Waals surface area contributed by atoms with Gasteiger partial charge in [0.05, 0.1) is 18.4 Å². The van der Waals surface area contributed by atoms with Gasteiger partial charge in [0.15, 0.2) is 0 Å². The predicted octanol–water partition coefficient (Wildman–Crippen LogP) is 2.28. The van der Waals surface area contributed by atoms with Crippen LogP contribution >= 0.6 is 0 Å². The Balaban J connectivity index is 1.32. The van der Waals surface area contributed by atoms with Crippen LogP contribution in [-0.4, -0.2) is 42.3 Å². The second kappa shape index (κ2) is 8.97. The third-order valence-corrected chi connectivity index (χ3v) is 5.21. The summed E-state index contributed by atoms with van der Waals surface area (Å²) in [5.41, 5.74) is 0. The zero-order chi connectivity index (χ0) is 19.2. The van der Waals surface area contributed by atoms with E-state index in [2.05, 4.69) is 5.32 Å². The van der Waals surface area contributed by atoms with Gasteiger partial charge in [-0.1, -0.05) is 12.8 Å². The van der Waals surface area contributed by atoms with Crippen molar-refractivity contribution < 1.29 is 23.5 Å². The highest BCUT2D eigenvalue weighted by Gasteiger charge is 2.48. The van der Waals surface area contributed by atoms with Crippen LogP contribution in [-0.2, 0) is 14.4 Å². The Morgan fingerprint density at radius 2 is 1.70 bits per heavy atom. The quantitative estimate of drug-likeness (QED) is 0.558. The van der Waals surface area contributed by atoms with Crippen LogP contribution in [0.5, 0.6) is 5.75 Å². The van der Waals surface area contributed by atoms with E-state index >= 15 is 0 Å². The minimum atomic E-state index is -0.310. The molecular formula is C20H25FN2O4. The van der Waals surface area contributed by atoms with Gasteiger partial charge in [0.1, 0.15) is 18.1 Å². The first kappa shape index (κ1) is 19.3. The molecule has 27 heavy (non-hydrogen) atoms. The van der Waals surface area contributed by atoms with E-state index in [0.717, 1.165) is 37.0 Å². The maximum Gasteiger partial charge on any atom is 0.240 e. The molecule has 0 radical (unpaired) electrons. The van der Waals surface area contributed by atoms with Crippen molar-refractivity contribution in [2.75, 3.05) is 19.7 Å². The fourth-order valence-electron chi connectivity index (χ4n) is 3.76. The van der Waals surface area contributed by atoms with Gasteiger partial charge in [-0.05, 0) is 49.9 Å².